The normalized spacial score (nSPS) is 24.7. The van der Waals surface area contributed by atoms with Gasteiger partial charge in [0.05, 0.1) is 11.2 Å². The van der Waals surface area contributed by atoms with Crippen LogP contribution in [0, 0.1) is 6.92 Å². The van der Waals surface area contributed by atoms with Crippen LogP contribution < -0.4 is 5.73 Å². The fourth-order valence-corrected chi connectivity index (χ4v) is 2.68. The molecule has 0 spiro atoms. The van der Waals surface area contributed by atoms with Gasteiger partial charge in [-0.25, -0.2) is 4.98 Å². The molecule has 1 aromatic rings. The second kappa shape index (κ2) is 3.08. The fourth-order valence-electron chi connectivity index (χ4n) is 2.68. The molecule has 3 N–H and O–H groups in total. The van der Waals surface area contributed by atoms with E-state index in [0.717, 1.165) is 18.7 Å². The van der Waals surface area contributed by atoms with Gasteiger partial charge in [-0.3, -0.25) is 0 Å². The highest BCUT2D eigenvalue weighted by Crippen LogP contribution is 2.43. The molecule has 0 atom stereocenters. The highest BCUT2D eigenvalue weighted by molar-refractivity contribution is 5.25. The first-order valence-electron chi connectivity index (χ1n) is 6.05. The molecule has 2 aliphatic rings. The number of hydrogen-bond donors (Lipinski definition) is 2. The quantitative estimate of drug-likeness (QED) is 0.778. The predicted molar refractivity (Wildman–Crippen MR) is 59.6 cm³/mol. The van der Waals surface area contributed by atoms with Crippen molar-refractivity contribution in [3.8, 4) is 0 Å². The Morgan fingerprint density at radius 1 is 1.33 bits per heavy atom. The van der Waals surface area contributed by atoms with E-state index in [1.807, 2.05) is 0 Å². The van der Waals surface area contributed by atoms with Gasteiger partial charge in [0.1, 0.15) is 5.82 Å². The van der Waals surface area contributed by atoms with E-state index in [0.29, 0.717) is 5.92 Å². The number of H-pyrrole nitrogens is 1. The van der Waals surface area contributed by atoms with Crippen molar-refractivity contribution in [1.29, 1.82) is 0 Å². The first-order chi connectivity index (χ1) is 7.19. The zero-order chi connectivity index (χ0) is 10.5. The third-order valence-corrected chi connectivity index (χ3v) is 3.92. The van der Waals surface area contributed by atoms with Crippen LogP contribution in [0.5, 0.6) is 0 Å². The van der Waals surface area contributed by atoms with Crippen molar-refractivity contribution in [3.63, 3.8) is 0 Å². The SMILES string of the molecule is Cc1[nH]c(C2(N)CC2)nc1C1CCCC1. The number of nitrogens with two attached hydrogens (primary N) is 1. The summed E-state index contributed by atoms with van der Waals surface area (Å²) < 4.78 is 0. The van der Waals surface area contributed by atoms with Crippen molar-refractivity contribution in [2.45, 2.75) is 56.9 Å². The Morgan fingerprint density at radius 3 is 2.60 bits per heavy atom. The van der Waals surface area contributed by atoms with Gasteiger partial charge in [-0.05, 0) is 32.6 Å². The predicted octanol–water partition coefficient (Wildman–Crippen LogP) is 2.32. The Bertz CT molecular complexity index is 370. The Balaban J connectivity index is 1.91. The lowest BCUT2D eigenvalue weighted by molar-refractivity contribution is 0.662. The number of imidazole rings is 1. The number of hydrogen-bond acceptors (Lipinski definition) is 2. The molecule has 2 aliphatic carbocycles. The molecule has 0 amide bonds. The minimum absolute atomic E-state index is 0.110. The summed E-state index contributed by atoms with van der Waals surface area (Å²) in [7, 11) is 0. The second-order valence-electron chi connectivity index (χ2n) is 5.23. The maximum Gasteiger partial charge on any atom is 0.126 e. The summed E-state index contributed by atoms with van der Waals surface area (Å²) in [4.78, 5) is 8.13. The van der Waals surface area contributed by atoms with Gasteiger partial charge in [-0.15, -0.1) is 0 Å². The zero-order valence-corrected chi connectivity index (χ0v) is 9.34. The minimum atomic E-state index is -0.110. The maximum atomic E-state index is 6.16. The first-order valence-corrected chi connectivity index (χ1v) is 6.05. The van der Waals surface area contributed by atoms with E-state index in [2.05, 4.69) is 11.9 Å². The fraction of sp³-hybridized carbons (Fsp3) is 0.750. The summed E-state index contributed by atoms with van der Waals surface area (Å²) in [5, 5.41) is 0. The van der Waals surface area contributed by atoms with Crippen molar-refractivity contribution < 1.29 is 0 Å². The van der Waals surface area contributed by atoms with Crippen LogP contribution >= 0.6 is 0 Å². The third-order valence-electron chi connectivity index (χ3n) is 3.92. The van der Waals surface area contributed by atoms with E-state index in [1.165, 1.54) is 37.1 Å². The van der Waals surface area contributed by atoms with Crippen LogP contribution in [0.2, 0.25) is 0 Å². The lowest BCUT2D eigenvalue weighted by Crippen LogP contribution is -2.20. The molecular formula is C12H19N3. The van der Waals surface area contributed by atoms with Crippen molar-refractivity contribution in [3.05, 3.63) is 17.2 Å². The minimum Gasteiger partial charge on any atom is -0.344 e. The average Bonchev–Trinajstić information content (AvgIpc) is 2.71. The zero-order valence-electron chi connectivity index (χ0n) is 9.34. The van der Waals surface area contributed by atoms with Gasteiger partial charge < -0.3 is 10.7 Å². The van der Waals surface area contributed by atoms with E-state index < -0.39 is 0 Å². The average molecular weight is 205 g/mol. The molecule has 15 heavy (non-hydrogen) atoms. The molecule has 1 heterocycles. The standard InChI is InChI=1S/C12H19N3/c1-8-10(9-4-2-3-5-9)15-11(14-8)12(13)6-7-12/h9H,2-7,13H2,1H3,(H,14,15). The largest absolute Gasteiger partial charge is 0.344 e. The topological polar surface area (TPSA) is 54.7 Å². The van der Waals surface area contributed by atoms with Crippen LogP contribution in [0.1, 0.15) is 61.7 Å². The van der Waals surface area contributed by atoms with Gasteiger partial charge in [0.15, 0.2) is 0 Å². The van der Waals surface area contributed by atoms with E-state index in [-0.39, 0.29) is 5.54 Å². The summed E-state index contributed by atoms with van der Waals surface area (Å²) in [6.45, 7) is 2.13. The van der Waals surface area contributed by atoms with Crippen molar-refractivity contribution in [2.75, 3.05) is 0 Å². The highest BCUT2D eigenvalue weighted by atomic mass is 15.0. The molecule has 0 unspecified atom stereocenters. The summed E-state index contributed by atoms with van der Waals surface area (Å²) in [5.41, 5.74) is 8.58. The van der Waals surface area contributed by atoms with Crippen LogP contribution in [-0.2, 0) is 5.54 Å². The van der Waals surface area contributed by atoms with Gasteiger partial charge in [-0.1, -0.05) is 12.8 Å². The lowest BCUT2D eigenvalue weighted by Gasteiger charge is -2.06. The Labute approximate surface area is 90.5 Å². The molecule has 0 aliphatic heterocycles. The van der Waals surface area contributed by atoms with Gasteiger partial charge >= 0.3 is 0 Å². The smallest absolute Gasteiger partial charge is 0.126 e. The summed E-state index contributed by atoms with van der Waals surface area (Å²) in [6.07, 6.45) is 7.51. The number of nitrogens with one attached hydrogen (secondary N) is 1. The summed E-state index contributed by atoms with van der Waals surface area (Å²) >= 11 is 0. The summed E-state index contributed by atoms with van der Waals surface area (Å²) in [5.74, 6) is 1.72. The van der Waals surface area contributed by atoms with Crippen LogP contribution in [0.3, 0.4) is 0 Å². The van der Waals surface area contributed by atoms with E-state index >= 15 is 0 Å². The summed E-state index contributed by atoms with van der Waals surface area (Å²) in [6, 6.07) is 0. The molecule has 3 rings (SSSR count). The molecule has 3 heteroatoms. The van der Waals surface area contributed by atoms with Crippen LogP contribution in [0.25, 0.3) is 0 Å². The molecule has 2 saturated carbocycles. The maximum absolute atomic E-state index is 6.16. The lowest BCUT2D eigenvalue weighted by atomic mass is 10.0. The monoisotopic (exact) mass is 205 g/mol. The van der Waals surface area contributed by atoms with Crippen molar-refractivity contribution in [2.24, 2.45) is 5.73 Å². The molecule has 0 radical (unpaired) electrons. The first kappa shape index (κ1) is 9.40. The number of aromatic amines is 1. The van der Waals surface area contributed by atoms with Gasteiger partial charge in [0.25, 0.3) is 0 Å². The third kappa shape index (κ3) is 1.49. The Kier molecular flexibility index (Phi) is 1.93. The number of nitrogens with zero attached hydrogens (tertiary/aromatic N) is 1. The number of rotatable bonds is 2. The van der Waals surface area contributed by atoms with Crippen LogP contribution in [0.15, 0.2) is 0 Å². The molecular weight excluding hydrogens is 186 g/mol. The molecule has 0 aromatic carbocycles. The van der Waals surface area contributed by atoms with Crippen LogP contribution in [-0.4, -0.2) is 9.97 Å². The van der Waals surface area contributed by atoms with E-state index in [9.17, 15) is 0 Å². The molecule has 2 fully saturated rings. The Hall–Kier alpha value is -0.830. The molecule has 0 bridgehead atoms. The molecule has 0 saturated heterocycles. The van der Waals surface area contributed by atoms with Gasteiger partial charge in [0, 0.05) is 11.6 Å². The number of aryl methyl sites for hydroxylation is 1. The van der Waals surface area contributed by atoms with E-state index in [4.69, 9.17) is 10.7 Å². The highest BCUT2D eigenvalue weighted by Gasteiger charge is 2.43. The van der Waals surface area contributed by atoms with Crippen LogP contribution in [0.4, 0.5) is 0 Å². The molecule has 82 valence electrons. The van der Waals surface area contributed by atoms with Gasteiger partial charge in [-0.2, -0.15) is 0 Å². The Morgan fingerprint density at radius 2 is 2.00 bits per heavy atom. The van der Waals surface area contributed by atoms with E-state index in [1.54, 1.807) is 0 Å². The van der Waals surface area contributed by atoms with Crippen molar-refractivity contribution >= 4 is 0 Å². The second-order valence-corrected chi connectivity index (χ2v) is 5.23. The van der Waals surface area contributed by atoms with Crippen molar-refractivity contribution in [1.82, 2.24) is 9.97 Å². The molecule has 3 nitrogen and oxygen atoms in total. The molecule has 1 aromatic heterocycles. The number of aromatic nitrogens is 2. The van der Waals surface area contributed by atoms with Gasteiger partial charge in [0.2, 0.25) is 0 Å².